The molecule has 1 heterocycles. The smallest absolute Gasteiger partial charge is 0.247 e. The molecule has 0 bridgehead atoms. The molecule has 0 aromatic carbocycles. The first kappa shape index (κ1) is 21.5. The van der Waals surface area contributed by atoms with Gasteiger partial charge in [0.25, 0.3) is 0 Å². The summed E-state index contributed by atoms with van der Waals surface area (Å²) in [4.78, 5) is 17.5. The lowest BCUT2D eigenvalue weighted by atomic mass is 10.1. The molecule has 1 amide bonds. The molecule has 4 nitrogen and oxygen atoms in total. The van der Waals surface area contributed by atoms with Crippen molar-refractivity contribution in [3.63, 3.8) is 0 Å². The predicted molar refractivity (Wildman–Crippen MR) is 104 cm³/mol. The van der Waals surface area contributed by atoms with Crippen molar-refractivity contribution in [2.45, 2.75) is 45.7 Å². The SMILES string of the molecule is C=CC(=O)N1C(C)CCC1C#C/C(=C/N=C)C(=C)C(=C)NC.CC. The van der Waals surface area contributed by atoms with Gasteiger partial charge in [0, 0.05) is 30.6 Å². The summed E-state index contributed by atoms with van der Waals surface area (Å²) < 4.78 is 0. The van der Waals surface area contributed by atoms with Crippen LogP contribution in [0, 0.1) is 11.8 Å². The van der Waals surface area contributed by atoms with Gasteiger partial charge in [-0.2, -0.15) is 0 Å². The van der Waals surface area contributed by atoms with Crippen molar-refractivity contribution in [3.8, 4) is 11.8 Å². The van der Waals surface area contributed by atoms with Gasteiger partial charge >= 0.3 is 0 Å². The fraction of sp³-hybridized carbons (Fsp3) is 0.400. The van der Waals surface area contributed by atoms with Gasteiger partial charge in [0.15, 0.2) is 0 Å². The molecular weight excluding hydrogens is 298 g/mol. The average molecular weight is 327 g/mol. The van der Waals surface area contributed by atoms with Crippen molar-refractivity contribution in [1.82, 2.24) is 10.2 Å². The lowest BCUT2D eigenvalue weighted by Crippen LogP contribution is -2.38. The quantitative estimate of drug-likeness (QED) is 0.364. The standard InChI is InChI=1S/C18H23N3O.C2H6/c1-7-18(22)21-13(2)8-10-17(21)11-9-16(12-19-5)14(3)15(4)20-6;1-2/h7,12-13,17,20H,1,3-5,8,10H2,2,6H3;1-2H3/b16-12-;. The zero-order valence-electron chi connectivity index (χ0n) is 15.4. The van der Waals surface area contributed by atoms with E-state index < -0.39 is 0 Å². The number of hydrogen-bond acceptors (Lipinski definition) is 3. The highest BCUT2D eigenvalue weighted by Crippen LogP contribution is 2.24. The molecule has 2 unspecified atom stereocenters. The number of rotatable bonds is 5. The van der Waals surface area contributed by atoms with Crippen LogP contribution < -0.4 is 5.32 Å². The normalized spacial score (nSPS) is 19.2. The van der Waals surface area contributed by atoms with Crippen LogP contribution in [0.25, 0.3) is 0 Å². The number of likely N-dealkylation sites (N-methyl/N-ethyl adjacent to an activating group) is 1. The van der Waals surface area contributed by atoms with E-state index in [1.54, 1.807) is 18.1 Å². The lowest BCUT2D eigenvalue weighted by Gasteiger charge is -2.24. The van der Waals surface area contributed by atoms with E-state index in [9.17, 15) is 4.79 Å². The summed E-state index contributed by atoms with van der Waals surface area (Å²) in [6.07, 6.45) is 4.67. The Morgan fingerprint density at radius 1 is 1.33 bits per heavy atom. The maximum absolute atomic E-state index is 11.9. The summed E-state index contributed by atoms with van der Waals surface area (Å²) in [6, 6.07) is 0.0506. The van der Waals surface area contributed by atoms with Crippen LogP contribution in [0.2, 0.25) is 0 Å². The first-order valence-electron chi connectivity index (χ1n) is 8.14. The van der Waals surface area contributed by atoms with Gasteiger partial charge in [-0.3, -0.25) is 9.79 Å². The molecule has 0 saturated carbocycles. The Morgan fingerprint density at radius 3 is 2.46 bits per heavy atom. The summed E-state index contributed by atoms with van der Waals surface area (Å²) in [6.45, 7) is 20.9. The zero-order chi connectivity index (χ0) is 18.7. The largest absolute Gasteiger partial charge is 0.388 e. The zero-order valence-corrected chi connectivity index (χ0v) is 15.4. The molecule has 24 heavy (non-hydrogen) atoms. The third-order valence-corrected chi connectivity index (χ3v) is 3.68. The Bertz CT molecular complexity index is 590. The predicted octanol–water partition coefficient (Wildman–Crippen LogP) is 3.46. The number of nitrogens with zero attached hydrogens (tertiary/aromatic N) is 2. The monoisotopic (exact) mass is 327 g/mol. The van der Waals surface area contributed by atoms with Gasteiger partial charge in [-0.05, 0) is 32.6 Å². The van der Waals surface area contributed by atoms with Crippen LogP contribution >= 0.6 is 0 Å². The topological polar surface area (TPSA) is 44.7 Å². The molecule has 1 fully saturated rings. The second-order valence-electron chi connectivity index (χ2n) is 5.09. The van der Waals surface area contributed by atoms with E-state index in [-0.39, 0.29) is 18.0 Å². The fourth-order valence-corrected chi connectivity index (χ4v) is 2.35. The van der Waals surface area contributed by atoms with Gasteiger partial charge in [0.2, 0.25) is 5.91 Å². The molecule has 0 aromatic rings. The number of aliphatic imine (C=N–C) groups is 1. The summed E-state index contributed by atoms with van der Waals surface area (Å²) in [7, 11) is 1.77. The van der Waals surface area contributed by atoms with Gasteiger partial charge in [0.1, 0.15) is 0 Å². The van der Waals surface area contributed by atoms with E-state index in [1.165, 1.54) is 6.08 Å². The number of carbonyl (C=O) groups is 1. The van der Waals surface area contributed by atoms with Crippen molar-refractivity contribution >= 4 is 12.6 Å². The highest BCUT2D eigenvalue weighted by atomic mass is 16.2. The van der Waals surface area contributed by atoms with E-state index in [0.717, 1.165) is 12.8 Å². The van der Waals surface area contributed by atoms with Crippen molar-refractivity contribution in [3.05, 3.63) is 48.9 Å². The van der Waals surface area contributed by atoms with Crippen LogP contribution in [-0.4, -0.2) is 36.7 Å². The van der Waals surface area contributed by atoms with Crippen LogP contribution in [-0.2, 0) is 4.79 Å². The van der Waals surface area contributed by atoms with Crippen molar-refractivity contribution < 1.29 is 4.79 Å². The minimum atomic E-state index is -0.121. The Balaban J connectivity index is 0.00000254. The van der Waals surface area contributed by atoms with Crippen LogP contribution in [0.1, 0.15) is 33.6 Å². The summed E-state index contributed by atoms with van der Waals surface area (Å²) >= 11 is 0. The Kier molecular flexibility index (Phi) is 9.90. The van der Waals surface area contributed by atoms with Crippen LogP contribution in [0.3, 0.4) is 0 Å². The van der Waals surface area contributed by atoms with E-state index in [4.69, 9.17) is 0 Å². The Hall–Kier alpha value is -2.54. The molecule has 1 aliphatic rings. The highest BCUT2D eigenvalue weighted by Gasteiger charge is 2.31. The minimum absolute atomic E-state index is 0.0878. The number of amides is 1. The van der Waals surface area contributed by atoms with E-state index in [0.29, 0.717) is 16.8 Å². The molecule has 2 atom stereocenters. The van der Waals surface area contributed by atoms with Gasteiger partial charge in [-0.1, -0.05) is 45.4 Å². The molecule has 1 saturated heterocycles. The molecule has 130 valence electrons. The van der Waals surface area contributed by atoms with Crippen molar-refractivity contribution in [1.29, 1.82) is 0 Å². The van der Waals surface area contributed by atoms with Gasteiger partial charge < -0.3 is 10.2 Å². The number of hydrogen-bond donors (Lipinski definition) is 1. The van der Waals surface area contributed by atoms with Crippen LogP contribution in [0.5, 0.6) is 0 Å². The molecule has 1 rings (SSSR count). The highest BCUT2D eigenvalue weighted by molar-refractivity contribution is 5.88. The van der Waals surface area contributed by atoms with E-state index in [2.05, 4.69) is 48.6 Å². The average Bonchev–Trinajstić information content (AvgIpc) is 2.98. The fourth-order valence-electron chi connectivity index (χ4n) is 2.35. The molecule has 0 aliphatic carbocycles. The van der Waals surface area contributed by atoms with E-state index in [1.807, 2.05) is 20.8 Å². The minimum Gasteiger partial charge on any atom is -0.388 e. The number of nitrogens with one attached hydrogen (secondary N) is 1. The number of allylic oxidation sites excluding steroid dienone is 1. The molecule has 0 radical (unpaired) electrons. The molecule has 4 heteroatoms. The molecule has 1 aliphatic heterocycles. The van der Waals surface area contributed by atoms with Crippen molar-refractivity contribution in [2.75, 3.05) is 7.05 Å². The second kappa shape index (κ2) is 11.1. The first-order chi connectivity index (χ1) is 11.5. The molecular formula is C20H29N3O. The van der Waals surface area contributed by atoms with Crippen LogP contribution in [0.4, 0.5) is 0 Å². The Labute approximate surface area is 146 Å². The number of likely N-dealkylation sites (tertiary alicyclic amines) is 1. The maximum Gasteiger partial charge on any atom is 0.247 e. The Morgan fingerprint density at radius 2 is 1.96 bits per heavy atom. The first-order valence-corrected chi connectivity index (χ1v) is 8.14. The van der Waals surface area contributed by atoms with Gasteiger partial charge in [-0.25, -0.2) is 0 Å². The van der Waals surface area contributed by atoms with Gasteiger partial charge in [-0.15, -0.1) is 0 Å². The summed E-state index contributed by atoms with van der Waals surface area (Å²) in [5, 5.41) is 2.93. The molecule has 0 spiro atoms. The van der Waals surface area contributed by atoms with Crippen molar-refractivity contribution in [2.24, 2.45) is 4.99 Å². The second-order valence-corrected chi connectivity index (χ2v) is 5.09. The third kappa shape index (κ3) is 5.58. The summed E-state index contributed by atoms with van der Waals surface area (Å²) in [5.41, 5.74) is 1.97. The lowest BCUT2D eigenvalue weighted by molar-refractivity contribution is -0.127. The maximum atomic E-state index is 11.9. The van der Waals surface area contributed by atoms with Crippen LogP contribution in [0.15, 0.2) is 53.8 Å². The van der Waals surface area contributed by atoms with Gasteiger partial charge in [0.05, 0.1) is 11.6 Å². The number of carbonyl (C=O) groups excluding carboxylic acids is 1. The molecule has 0 aromatic heterocycles. The third-order valence-electron chi connectivity index (χ3n) is 3.68. The van der Waals surface area contributed by atoms with E-state index >= 15 is 0 Å². The summed E-state index contributed by atoms with van der Waals surface area (Å²) in [5.74, 6) is 6.11. The molecule has 1 N–H and O–H groups in total.